The van der Waals surface area contributed by atoms with Crippen molar-refractivity contribution >= 4 is 27.3 Å². The molecule has 0 aromatic heterocycles. The molecule has 1 aromatic rings. The first-order valence-corrected chi connectivity index (χ1v) is 8.82. The Kier molecular flexibility index (Phi) is 8.95. The van der Waals surface area contributed by atoms with Crippen molar-refractivity contribution in [1.82, 2.24) is 0 Å². The van der Waals surface area contributed by atoms with E-state index >= 15 is 0 Å². The van der Waals surface area contributed by atoms with E-state index in [1.165, 1.54) is 4.90 Å². The molecule has 1 rings (SSSR count). The van der Waals surface area contributed by atoms with Gasteiger partial charge in [-0.3, -0.25) is 4.18 Å². The van der Waals surface area contributed by atoms with Gasteiger partial charge < -0.3 is 9.29 Å². The highest BCUT2D eigenvalue weighted by atomic mass is 32.3. The number of hydrogen-bond acceptors (Lipinski definition) is 6. The smallest absolute Gasteiger partial charge is 0.336 e. The molecule has 0 saturated heterocycles. The van der Waals surface area contributed by atoms with Crippen molar-refractivity contribution in [2.24, 2.45) is 0 Å². The molecule has 0 N–H and O–H groups in total. The van der Waals surface area contributed by atoms with E-state index in [1.807, 2.05) is 30.3 Å². The Morgan fingerprint density at radius 1 is 1.33 bits per heavy atom. The number of carbonyl (C=O) groups is 1. The van der Waals surface area contributed by atoms with E-state index in [4.69, 9.17) is 4.74 Å². The van der Waals surface area contributed by atoms with Gasteiger partial charge in [0, 0.05) is 5.57 Å². The third-order valence-corrected chi connectivity index (χ3v) is 4.02. The predicted molar refractivity (Wildman–Crippen MR) is 80.5 cm³/mol. The van der Waals surface area contributed by atoms with Crippen molar-refractivity contribution in [2.45, 2.75) is 11.8 Å². The summed E-state index contributed by atoms with van der Waals surface area (Å²) in [7, 11) is -3.66. The maximum atomic E-state index is 11.2. The van der Waals surface area contributed by atoms with E-state index in [9.17, 15) is 17.8 Å². The van der Waals surface area contributed by atoms with E-state index < -0.39 is 10.4 Å². The molecule has 0 saturated carbocycles. The van der Waals surface area contributed by atoms with E-state index in [1.54, 1.807) is 6.92 Å². The second-order valence-corrected chi connectivity index (χ2v) is 6.99. The van der Waals surface area contributed by atoms with Gasteiger partial charge in [0.15, 0.2) is 4.90 Å². The van der Waals surface area contributed by atoms with E-state index in [-0.39, 0.29) is 16.9 Å². The largest absolute Gasteiger partial charge is 0.726 e. The summed E-state index contributed by atoms with van der Waals surface area (Å²) in [5.41, 5.74) is 0.445. The normalized spacial score (nSPS) is 11.8. The Bertz CT molecular complexity index is 553. The molecule has 1 unspecified atom stereocenters. The Morgan fingerprint density at radius 2 is 1.81 bits per heavy atom. The number of esters is 1. The molecule has 0 aliphatic heterocycles. The van der Waals surface area contributed by atoms with Crippen molar-refractivity contribution in [3.05, 3.63) is 42.5 Å². The maximum Gasteiger partial charge on any atom is 0.336 e. The molecule has 0 heterocycles. The Balaban J connectivity index is 0.000000567. The maximum absolute atomic E-state index is 11.2. The van der Waals surface area contributed by atoms with Crippen LogP contribution in [0.2, 0.25) is 0 Å². The molecule has 6 nitrogen and oxygen atoms in total. The van der Waals surface area contributed by atoms with E-state index in [2.05, 4.69) is 17.0 Å². The van der Waals surface area contributed by atoms with Gasteiger partial charge in [0.05, 0.1) is 18.0 Å². The van der Waals surface area contributed by atoms with E-state index in [0.717, 1.165) is 7.11 Å². The van der Waals surface area contributed by atoms with Crippen LogP contribution in [0.5, 0.6) is 0 Å². The SMILES string of the molecule is C=C(C)C(=O)OC[S+](C)c1ccccc1.COS(=O)(=O)[O-]. The summed E-state index contributed by atoms with van der Waals surface area (Å²) in [5.74, 6) is 0.112. The summed E-state index contributed by atoms with van der Waals surface area (Å²) < 4.78 is 36.1. The van der Waals surface area contributed by atoms with Crippen molar-refractivity contribution < 1.29 is 26.7 Å². The van der Waals surface area contributed by atoms with Crippen LogP contribution in [0.15, 0.2) is 47.4 Å². The minimum absolute atomic E-state index is 0.0547. The fourth-order valence-electron chi connectivity index (χ4n) is 0.986. The van der Waals surface area contributed by atoms with Gasteiger partial charge in [0.1, 0.15) is 6.26 Å². The quantitative estimate of drug-likeness (QED) is 0.266. The molecule has 1 aromatic carbocycles. The Labute approximate surface area is 128 Å². The van der Waals surface area contributed by atoms with Crippen LogP contribution >= 0.6 is 0 Å². The van der Waals surface area contributed by atoms with Crippen molar-refractivity contribution in [3.8, 4) is 0 Å². The molecular weight excluding hydrogens is 316 g/mol. The summed E-state index contributed by atoms with van der Waals surface area (Å²) in [5, 5.41) is 0. The first-order valence-electron chi connectivity index (χ1n) is 5.69. The third kappa shape index (κ3) is 10.1. The summed E-state index contributed by atoms with van der Waals surface area (Å²) in [4.78, 5) is 12.4. The molecule has 0 bridgehead atoms. The lowest BCUT2D eigenvalue weighted by molar-refractivity contribution is -0.136. The summed E-state index contributed by atoms with van der Waals surface area (Å²) in [6.45, 7) is 5.19. The topological polar surface area (TPSA) is 92.7 Å². The highest BCUT2D eigenvalue weighted by Crippen LogP contribution is 2.11. The Hall–Kier alpha value is -1.35. The van der Waals surface area contributed by atoms with Gasteiger partial charge in [0.25, 0.3) is 5.94 Å². The highest BCUT2D eigenvalue weighted by Gasteiger charge is 2.17. The molecule has 1 atom stereocenters. The van der Waals surface area contributed by atoms with Crippen molar-refractivity contribution in [2.75, 3.05) is 19.3 Å². The number of benzene rings is 1. The van der Waals surface area contributed by atoms with Crippen molar-refractivity contribution in [1.29, 1.82) is 0 Å². The van der Waals surface area contributed by atoms with Crippen LogP contribution in [0.25, 0.3) is 0 Å². The lowest BCUT2D eigenvalue weighted by atomic mass is 10.4. The average Bonchev–Trinajstić information content (AvgIpc) is 2.45. The number of carbonyl (C=O) groups excluding carboxylic acids is 1. The van der Waals surface area contributed by atoms with Crippen LogP contribution in [0.4, 0.5) is 0 Å². The first kappa shape index (κ1) is 19.7. The van der Waals surface area contributed by atoms with Gasteiger partial charge in [-0.1, -0.05) is 24.8 Å². The fourth-order valence-corrected chi connectivity index (χ4v) is 2.03. The van der Waals surface area contributed by atoms with Gasteiger partial charge in [-0.25, -0.2) is 13.2 Å². The fraction of sp³-hybridized carbons (Fsp3) is 0.308. The van der Waals surface area contributed by atoms with Gasteiger partial charge in [0.2, 0.25) is 10.4 Å². The molecule has 0 radical (unpaired) electrons. The van der Waals surface area contributed by atoms with Crippen LogP contribution in [0.1, 0.15) is 6.92 Å². The van der Waals surface area contributed by atoms with Crippen molar-refractivity contribution in [3.63, 3.8) is 0 Å². The van der Waals surface area contributed by atoms with Crippen LogP contribution in [-0.4, -0.2) is 38.2 Å². The lowest BCUT2D eigenvalue weighted by Crippen LogP contribution is -2.14. The standard InChI is InChI=1S/C12H15O2S.CH4O4S/c1-10(2)12(13)14-9-15(3)11-7-5-4-6-8-11;1-5-6(2,3)4/h4-8H,1,9H2,2-3H3;1H3,(H,2,3,4)/q+1;/p-1. The zero-order valence-electron chi connectivity index (χ0n) is 12.1. The highest BCUT2D eigenvalue weighted by molar-refractivity contribution is 7.96. The zero-order chi connectivity index (χ0) is 16.5. The van der Waals surface area contributed by atoms with Gasteiger partial charge >= 0.3 is 5.97 Å². The number of hydrogen-bond donors (Lipinski definition) is 0. The third-order valence-electron chi connectivity index (χ3n) is 2.06. The second-order valence-electron chi connectivity index (χ2n) is 3.86. The molecule has 21 heavy (non-hydrogen) atoms. The second kappa shape index (κ2) is 9.56. The molecule has 0 aliphatic rings. The predicted octanol–water partition coefficient (Wildman–Crippen LogP) is 1.46. The number of rotatable bonds is 5. The molecule has 0 aliphatic carbocycles. The van der Waals surface area contributed by atoms with Crippen LogP contribution in [-0.2, 0) is 35.0 Å². The van der Waals surface area contributed by atoms with Crippen LogP contribution in [0, 0.1) is 0 Å². The molecule has 0 amide bonds. The minimum atomic E-state index is -4.41. The molecular formula is C13H18O6S2. The van der Waals surface area contributed by atoms with Crippen LogP contribution in [0.3, 0.4) is 0 Å². The zero-order valence-corrected chi connectivity index (χ0v) is 13.7. The van der Waals surface area contributed by atoms with Gasteiger partial charge in [-0.15, -0.1) is 0 Å². The number of ether oxygens (including phenoxy) is 1. The van der Waals surface area contributed by atoms with Gasteiger partial charge in [-0.2, -0.15) is 0 Å². The Morgan fingerprint density at radius 3 is 2.19 bits per heavy atom. The monoisotopic (exact) mass is 334 g/mol. The molecule has 0 spiro atoms. The summed E-state index contributed by atoms with van der Waals surface area (Å²) in [6, 6.07) is 10.0. The molecule has 0 fully saturated rings. The molecule has 118 valence electrons. The van der Waals surface area contributed by atoms with Gasteiger partial charge in [-0.05, 0) is 19.1 Å². The van der Waals surface area contributed by atoms with Crippen LogP contribution < -0.4 is 0 Å². The minimum Gasteiger partial charge on any atom is -0.726 e. The summed E-state index contributed by atoms with van der Waals surface area (Å²) >= 11 is 0. The first-order chi connectivity index (χ1) is 9.67. The summed E-state index contributed by atoms with van der Waals surface area (Å²) in [6.07, 6.45) is 2.06. The van der Waals surface area contributed by atoms with E-state index in [0.29, 0.717) is 11.5 Å². The average molecular weight is 334 g/mol. The lowest BCUT2D eigenvalue weighted by Gasteiger charge is -2.04. The molecule has 8 heteroatoms.